The summed E-state index contributed by atoms with van der Waals surface area (Å²) in [7, 11) is 0. The van der Waals surface area contributed by atoms with Crippen molar-refractivity contribution >= 4 is 22.4 Å². The lowest BCUT2D eigenvalue weighted by Crippen LogP contribution is -2.39. The Kier molecular flexibility index (Phi) is 7.82. The smallest absolute Gasteiger partial charge is 0.164 e. The number of aromatic nitrogens is 2. The van der Waals surface area contributed by atoms with Gasteiger partial charge in [-0.15, -0.1) is 0 Å². The normalized spacial score (nSPS) is 17.6. The topological polar surface area (TPSA) is 74.8 Å². The average molecular weight is 463 g/mol. The number of fused-ring (bicyclic) bond motifs is 1. The van der Waals surface area contributed by atoms with Gasteiger partial charge >= 0.3 is 0 Å². The van der Waals surface area contributed by atoms with Gasteiger partial charge in [0.15, 0.2) is 5.82 Å². The van der Waals surface area contributed by atoms with Crippen LogP contribution in [-0.4, -0.2) is 98.6 Å². The molecule has 1 aromatic heterocycles. The summed E-state index contributed by atoms with van der Waals surface area (Å²) in [5, 5.41) is 8.24. The Hall–Kier alpha value is -2.78. The van der Waals surface area contributed by atoms with Crippen LogP contribution in [0.3, 0.4) is 0 Å². The Labute approximate surface area is 201 Å². The zero-order chi connectivity index (χ0) is 23.0. The van der Waals surface area contributed by atoms with Crippen molar-refractivity contribution in [3.63, 3.8) is 0 Å². The van der Waals surface area contributed by atoms with Crippen LogP contribution in [0.5, 0.6) is 0 Å². The van der Waals surface area contributed by atoms with E-state index in [0.29, 0.717) is 0 Å². The number of morpholine rings is 2. The highest BCUT2D eigenvalue weighted by Gasteiger charge is 2.15. The van der Waals surface area contributed by atoms with Gasteiger partial charge < -0.3 is 20.1 Å². The zero-order valence-electron chi connectivity index (χ0n) is 19.7. The zero-order valence-corrected chi connectivity index (χ0v) is 19.7. The van der Waals surface area contributed by atoms with Crippen LogP contribution in [0.1, 0.15) is 0 Å². The summed E-state index contributed by atoms with van der Waals surface area (Å²) in [6, 6.07) is 16.5. The molecule has 3 aromatic rings. The van der Waals surface area contributed by atoms with Gasteiger partial charge in [0.25, 0.3) is 0 Å². The van der Waals surface area contributed by atoms with Crippen molar-refractivity contribution in [2.45, 2.75) is 0 Å². The van der Waals surface area contributed by atoms with Crippen LogP contribution in [0.25, 0.3) is 22.3 Å². The number of hydrogen-bond acceptors (Lipinski definition) is 8. The molecule has 0 spiro atoms. The lowest BCUT2D eigenvalue weighted by molar-refractivity contribution is 0.0398. The quantitative estimate of drug-likeness (QED) is 0.503. The molecule has 0 bridgehead atoms. The summed E-state index contributed by atoms with van der Waals surface area (Å²) in [5.41, 5.74) is 3.03. The van der Waals surface area contributed by atoms with Crippen LogP contribution in [0.15, 0.2) is 48.5 Å². The maximum atomic E-state index is 5.46. The standard InChI is InChI=1S/C26H34N6O2/c1-3-7-23(27-9-11-31-13-17-33-18-14-31)21(5-1)26-29-24-8-4-2-6-22(24)25(30-26)28-10-12-32-15-19-34-20-16-32/h1-8,27H,9-20H2,(H,28,29,30). The number of nitrogens with one attached hydrogen (secondary N) is 2. The Bertz CT molecular complexity index is 1070. The summed E-state index contributed by atoms with van der Waals surface area (Å²) in [6.07, 6.45) is 0. The number of rotatable bonds is 9. The molecule has 5 rings (SSSR count). The average Bonchev–Trinajstić information content (AvgIpc) is 2.90. The minimum absolute atomic E-state index is 0.738. The molecule has 180 valence electrons. The monoisotopic (exact) mass is 462 g/mol. The van der Waals surface area contributed by atoms with E-state index in [1.54, 1.807) is 0 Å². The minimum Gasteiger partial charge on any atom is -0.383 e. The Morgan fingerprint density at radius 2 is 1.32 bits per heavy atom. The van der Waals surface area contributed by atoms with Crippen LogP contribution >= 0.6 is 0 Å². The van der Waals surface area contributed by atoms with E-state index in [-0.39, 0.29) is 0 Å². The van der Waals surface area contributed by atoms with E-state index >= 15 is 0 Å². The van der Waals surface area contributed by atoms with E-state index in [0.717, 1.165) is 113 Å². The number of hydrogen-bond donors (Lipinski definition) is 2. The third-order valence-corrected chi connectivity index (χ3v) is 6.44. The summed E-state index contributed by atoms with van der Waals surface area (Å²) < 4.78 is 10.9. The van der Waals surface area contributed by atoms with Gasteiger partial charge in [-0.05, 0) is 24.3 Å². The molecule has 8 heteroatoms. The predicted octanol–water partition coefficient (Wildman–Crippen LogP) is 2.79. The van der Waals surface area contributed by atoms with E-state index in [1.165, 1.54) is 0 Å². The van der Waals surface area contributed by atoms with Gasteiger partial charge in [0, 0.05) is 69.0 Å². The highest BCUT2D eigenvalue weighted by atomic mass is 16.5. The highest BCUT2D eigenvalue weighted by Crippen LogP contribution is 2.29. The lowest BCUT2D eigenvalue weighted by Gasteiger charge is -2.27. The number of nitrogens with zero attached hydrogens (tertiary/aromatic N) is 4. The highest BCUT2D eigenvalue weighted by molar-refractivity contribution is 5.91. The molecule has 0 saturated carbocycles. The van der Waals surface area contributed by atoms with Gasteiger partial charge in [-0.2, -0.15) is 0 Å². The summed E-state index contributed by atoms with van der Waals surface area (Å²) in [4.78, 5) is 14.8. The molecule has 0 aliphatic carbocycles. The fraction of sp³-hybridized carbons (Fsp3) is 0.462. The molecule has 0 unspecified atom stereocenters. The lowest BCUT2D eigenvalue weighted by atomic mass is 10.1. The molecule has 0 atom stereocenters. The first-order valence-corrected chi connectivity index (χ1v) is 12.3. The minimum atomic E-state index is 0.738. The number of para-hydroxylation sites is 2. The van der Waals surface area contributed by atoms with E-state index in [1.807, 2.05) is 18.2 Å². The summed E-state index contributed by atoms with van der Waals surface area (Å²) >= 11 is 0. The molecule has 2 aromatic carbocycles. The molecule has 2 saturated heterocycles. The van der Waals surface area contributed by atoms with Gasteiger partial charge in [0.1, 0.15) is 5.82 Å². The van der Waals surface area contributed by atoms with Crippen LogP contribution in [0.4, 0.5) is 11.5 Å². The molecule has 0 radical (unpaired) electrons. The van der Waals surface area contributed by atoms with E-state index < -0.39 is 0 Å². The molecule has 8 nitrogen and oxygen atoms in total. The molecule has 34 heavy (non-hydrogen) atoms. The number of benzene rings is 2. The van der Waals surface area contributed by atoms with Crippen molar-refractivity contribution in [1.82, 2.24) is 19.8 Å². The second-order valence-electron chi connectivity index (χ2n) is 8.72. The molecule has 2 aliphatic rings. The van der Waals surface area contributed by atoms with Gasteiger partial charge in [0.2, 0.25) is 0 Å². The Morgan fingerprint density at radius 3 is 2.06 bits per heavy atom. The molecular formula is C26H34N6O2. The fourth-order valence-electron chi connectivity index (χ4n) is 4.49. The molecule has 0 amide bonds. The summed E-state index contributed by atoms with van der Waals surface area (Å²) in [5.74, 6) is 1.62. The second kappa shape index (κ2) is 11.6. The van der Waals surface area contributed by atoms with E-state index in [4.69, 9.17) is 19.4 Å². The first-order valence-electron chi connectivity index (χ1n) is 12.3. The SMILES string of the molecule is c1ccc(-c2nc(NCCN3CCOCC3)c3ccccc3n2)c(NCCN2CCOCC2)c1. The van der Waals surface area contributed by atoms with Crippen molar-refractivity contribution in [3.05, 3.63) is 48.5 Å². The van der Waals surface area contributed by atoms with E-state index in [9.17, 15) is 0 Å². The number of ether oxygens (including phenoxy) is 2. The second-order valence-corrected chi connectivity index (χ2v) is 8.72. The molecule has 3 heterocycles. The van der Waals surface area contributed by atoms with Crippen LogP contribution in [-0.2, 0) is 9.47 Å². The van der Waals surface area contributed by atoms with Crippen molar-refractivity contribution in [1.29, 1.82) is 0 Å². The Balaban J connectivity index is 1.32. The van der Waals surface area contributed by atoms with Crippen LogP contribution in [0.2, 0.25) is 0 Å². The van der Waals surface area contributed by atoms with E-state index in [2.05, 4.69) is 50.8 Å². The molecular weight excluding hydrogens is 428 g/mol. The first kappa shape index (κ1) is 23.0. The maximum Gasteiger partial charge on any atom is 0.164 e. The van der Waals surface area contributed by atoms with Gasteiger partial charge in [-0.25, -0.2) is 9.97 Å². The summed E-state index contributed by atoms with van der Waals surface area (Å²) in [6.45, 7) is 10.9. The maximum absolute atomic E-state index is 5.46. The third-order valence-electron chi connectivity index (χ3n) is 6.44. The Morgan fingerprint density at radius 1 is 0.706 bits per heavy atom. The van der Waals surface area contributed by atoms with Gasteiger partial charge in [-0.3, -0.25) is 9.80 Å². The molecule has 2 fully saturated rings. The third kappa shape index (κ3) is 5.82. The van der Waals surface area contributed by atoms with Crippen LogP contribution < -0.4 is 10.6 Å². The van der Waals surface area contributed by atoms with Crippen molar-refractivity contribution < 1.29 is 9.47 Å². The van der Waals surface area contributed by atoms with Crippen molar-refractivity contribution in [2.24, 2.45) is 0 Å². The van der Waals surface area contributed by atoms with Crippen molar-refractivity contribution in [2.75, 3.05) is 89.4 Å². The molecule has 2 aliphatic heterocycles. The van der Waals surface area contributed by atoms with Crippen molar-refractivity contribution in [3.8, 4) is 11.4 Å². The van der Waals surface area contributed by atoms with Gasteiger partial charge in [-0.1, -0.05) is 24.3 Å². The van der Waals surface area contributed by atoms with Gasteiger partial charge in [0.05, 0.1) is 31.9 Å². The molecule has 2 N–H and O–H groups in total. The predicted molar refractivity (Wildman–Crippen MR) is 136 cm³/mol. The number of anilines is 2. The fourth-order valence-corrected chi connectivity index (χ4v) is 4.49. The van der Waals surface area contributed by atoms with Crippen LogP contribution in [0, 0.1) is 0 Å². The largest absolute Gasteiger partial charge is 0.383 e. The first-order chi connectivity index (χ1) is 16.9.